The molecule has 18 heavy (non-hydrogen) atoms. The molecule has 1 aliphatic heterocycles. The van der Waals surface area contributed by atoms with Gasteiger partial charge in [-0.15, -0.1) is 0 Å². The first kappa shape index (κ1) is 13.1. The van der Waals surface area contributed by atoms with Gasteiger partial charge in [-0.2, -0.15) is 0 Å². The zero-order chi connectivity index (χ0) is 13.0. The summed E-state index contributed by atoms with van der Waals surface area (Å²) < 4.78 is 0. The summed E-state index contributed by atoms with van der Waals surface area (Å²) >= 11 is 0. The first-order valence-electron chi connectivity index (χ1n) is 6.89. The normalized spacial score (nSPS) is 27.9. The first-order chi connectivity index (χ1) is 8.74. The second-order valence-corrected chi connectivity index (χ2v) is 5.16. The lowest BCUT2D eigenvalue weighted by atomic mass is 9.81. The van der Waals surface area contributed by atoms with Gasteiger partial charge in [0.15, 0.2) is 0 Å². The molecule has 2 atom stereocenters. The molecule has 0 aromatic rings. The Morgan fingerprint density at radius 2 is 1.67 bits per heavy atom. The van der Waals surface area contributed by atoms with Crippen LogP contribution in [-0.4, -0.2) is 36.9 Å². The average Bonchev–Trinajstić information content (AvgIpc) is 2.46. The third-order valence-electron chi connectivity index (χ3n) is 4.00. The Morgan fingerprint density at radius 3 is 2.28 bits per heavy atom. The molecule has 0 aromatic heterocycles. The van der Waals surface area contributed by atoms with Gasteiger partial charge in [-0.1, -0.05) is 12.2 Å². The summed E-state index contributed by atoms with van der Waals surface area (Å²) in [4.78, 5) is 26.3. The molecular formula is C14H22N2O2. The fourth-order valence-corrected chi connectivity index (χ4v) is 2.91. The number of amides is 2. The Balaban J connectivity index is 2.06. The number of likely N-dealkylation sites (tertiary alicyclic amines) is 1. The molecule has 2 aliphatic rings. The Morgan fingerprint density at radius 1 is 1.06 bits per heavy atom. The molecule has 0 unspecified atom stereocenters. The SMILES string of the molecule is CNC(=O)[C@@H]1CC=CC[C@H]1C(=O)N1CCCCC1. The van der Waals surface area contributed by atoms with E-state index in [0.29, 0.717) is 12.8 Å². The number of piperidine rings is 1. The molecule has 2 rings (SSSR count). The van der Waals surface area contributed by atoms with Crippen molar-refractivity contribution in [2.45, 2.75) is 32.1 Å². The molecule has 0 aromatic carbocycles. The Labute approximate surface area is 108 Å². The summed E-state index contributed by atoms with van der Waals surface area (Å²) in [6, 6.07) is 0. The fourth-order valence-electron chi connectivity index (χ4n) is 2.91. The van der Waals surface area contributed by atoms with Crippen molar-refractivity contribution < 1.29 is 9.59 Å². The minimum absolute atomic E-state index is 0.00490. The first-order valence-corrected chi connectivity index (χ1v) is 6.89. The summed E-state index contributed by atoms with van der Waals surface area (Å²) in [5.74, 6) is -0.176. The Bertz CT molecular complexity index is 346. The maximum Gasteiger partial charge on any atom is 0.226 e. The van der Waals surface area contributed by atoms with E-state index in [4.69, 9.17) is 0 Å². The van der Waals surface area contributed by atoms with Crippen LogP contribution in [0.5, 0.6) is 0 Å². The van der Waals surface area contributed by atoms with Crippen molar-refractivity contribution in [2.24, 2.45) is 11.8 Å². The number of hydrogen-bond acceptors (Lipinski definition) is 2. The van der Waals surface area contributed by atoms with Crippen molar-refractivity contribution in [3.8, 4) is 0 Å². The van der Waals surface area contributed by atoms with Gasteiger partial charge in [-0.25, -0.2) is 0 Å². The summed E-state index contributed by atoms with van der Waals surface area (Å²) in [5.41, 5.74) is 0. The van der Waals surface area contributed by atoms with Crippen LogP contribution in [0.2, 0.25) is 0 Å². The number of nitrogens with zero attached hydrogens (tertiary/aromatic N) is 1. The molecule has 0 bridgehead atoms. The van der Waals surface area contributed by atoms with Gasteiger partial charge < -0.3 is 10.2 Å². The molecule has 4 nitrogen and oxygen atoms in total. The van der Waals surface area contributed by atoms with E-state index < -0.39 is 0 Å². The van der Waals surface area contributed by atoms with E-state index in [-0.39, 0.29) is 23.7 Å². The van der Waals surface area contributed by atoms with Gasteiger partial charge in [-0.05, 0) is 32.1 Å². The lowest BCUT2D eigenvalue weighted by molar-refractivity contribution is -0.142. The van der Waals surface area contributed by atoms with Gasteiger partial charge in [0.2, 0.25) is 11.8 Å². The third kappa shape index (κ3) is 2.74. The molecule has 1 aliphatic carbocycles. The Kier molecular flexibility index (Phi) is 4.39. The quantitative estimate of drug-likeness (QED) is 0.752. The predicted octanol–water partition coefficient (Wildman–Crippen LogP) is 1.33. The number of rotatable bonds is 2. The topological polar surface area (TPSA) is 49.4 Å². The van der Waals surface area contributed by atoms with Crippen molar-refractivity contribution in [2.75, 3.05) is 20.1 Å². The van der Waals surface area contributed by atoms with Gasteiger partial charge in [0.05, 0.1) is 11.8 Å². The zero-order valence-corrected chi connectivity index (χ0v) is 11.0. The highest BCUT2D eigenvalue weighted by Crippen LogP contribution is 2.28. The van der Waals surface area contributed by atoms with Gasteiger partial charge in [-0.3, -0.25) is 9.59 Å². The molecule has 0 radical (unpaired) electrons. The van der Waals surface area contributed by atoms with E-state index in [0.717, 1.165) is 25.9 Å². The fraction of sp³-hybridized carbons (Fsp3) is 0.714. The maximum atomic E-state index is 12.5. The van der Waals surface area contributed by atoms with Crippen LogP contribution >= 0.6 is 0 Å². The van der Waals surface area contributed by atoms with Crippen LogP contribution in [0.15, 0.2) is 12.2 Å². The lowest BCUT2D eigenvalue weighted by Gasteiger charge is -2.34. The average molecular weight is 250 g/mol. The number of hydrogen-bond donors (Lipinski definition) is 1. The van der Waals surface area contributed by atoms with Crippen LogP contribution < -0.4 is 5.32 Å². The molecule has 100 valence electrons. The monoisotopic (exact) mass is 250 g/mol. The molecule has 0 saturated carbocycles. The molecule has 0 spiro atoms. The molecule has 1 N–H and O–H groups in total. The van der Waals surface area contributed by atoms with Crippen LogP contribution in [0.3, 0.4) is 0 Å². The van der Waals surface area contributed by atoms with Crippen molar-refractivity contribution in [3.05, 3.63) is 12.2 Å². The highest BCUT2D eigenvalue weighted by Gasteiger charge is 2.36. The minimum atomic E-state index is -0.186. The number of carbonyl (C=O) groups is 2. The smallest absolute Gasteiger partial charge is 0.226 e. The zero-order valence-electron chi connectivity index (χ0n) is 11.0. The van der Waals surface area contributed by atoms with E-state index in [1.54, 1.807) is 7.05 Å². The second-order valence-electron chi connectivity index (χ2n) is 5.16. The van der Waals surface area contributed by atoms with Crippen molar-refractivity contribution in [1.82, 2.24) is 10.2 Å². The summed E-state index contributed by atoms with van der Waals surface area (Å²) in [6.07, 6.45) is 8.84. The number of nitrogens with one attached hydrogen (secondary N) is 1. The number of carbonyl (C=O) groups excluding carboxylic acids is 2. The third-order valence-corrected chi connectivity index (χ3v) is 4.00. The highest BCUT2D eigenvalue weighted by molar-refractivity contribution is 5.88. The van der Waals surface area contributed by atoms with Crippen LogP contribution in [0.4, 0.5) is 0 Å². The molecule has 4 heteroatoms. The molecule has 2 amide bonds. The van der Waals surface area contributed by atoms with Gasteiger partial charge in [0, 0.05) is 20.1 Å². The highest BCUT2D eigenvalue weighted by atomic mass is 16.2. The molecule has 1 saturated heterocycles. The van der Waals surface area contributed by atoms with Crippen LogP contribution in [-0.2, 0) is 9.59 Å². The molecule has 1 heterocycles. The summed E-state index contributed by atoms with van der Waals surface area (Å²) in [6.45, 7) is 1.72. The second kappa shape index (κ2) is 6.03. The lowest BCUT2D eigenvalue weighted by Crippen LogP contribution is -2.45. The minimum Gasteiger partial charge on any atom is -0.359 e. The van der Waals surface area contributed by atoms with E-state index in [1.807, 2.05) is 17.1 Å². The van der Waals surface area contributed by atoms with Crippen molar-refractivity contribution >= 4 is 11.8 Å². The van der Waals surface area contributed by atoms with Gasteiger partial charge in [0.1, 0.15) is 0 Å². The summed E-state index contributed by atoms with van der Waals surface area (Å²) in [5, 5.41) is 2.68. The van der Waals surface area contributed by atoms with E-state index in [9.17, 15) is 9.59 Å². The van der Waals surface area contributed by atoms with Crippen LogP contribution in [0, 0.1) is 11.8 Å². The molecular weight excluding hydrogens is 228 g/mol. The van der Waals surface area contributed by atoms with Gasteiger partial charge in [0.25, 0.3) is 0 Å². The van der Waals surface area contributed by atoms with Gasteiger partial charge >= 0.3 is 0 Å². The van der Waals surface area contributed by atoms with E-state index >= 15 is 0 Å². The Hall–Kier alpha value is -1.32. The van der Waals surface area contributed by atoms with Crippen LogP contribution in [0.25, 0.3) is 0 Å². The van der Waals surface area contributed by atoms with E-state index in [1.165, 1.54) is 6.42 Å². The van der Waals surface area contributed by atoms with E-state index in [2.05, 4.69) is 5.32 Å². The van der Waals surface area contributed by atoms with Crippen molar-refractivity contribution in [3.63, 3.8) is 0 Å². The maximum absolute atomic E-state index is 12.5. The van der Waals surface area contributed by atoms with Crippen molar-refractivity contribution in [1.29, 1.82) is 0 Å². The van der Waals surface area contributed by atoms with Crippen LogP contribution in [0.1, 0.15) is 32.1 Å². The molecule has 1 fully saturated rings. The summed E-state index contributed by atoms with van der Waals surface area (Å²) in [7, 11) is 1.64. The number of allylic oxidation sites excluding steroid dienone is 2. The predicted molar refractivity (Wildman–Crippen MR) is 69.9 cm³/mol. The largest absolute Gasteiger partial charge is 0.359 e. The standard InChI is InChI=1S/C14H22N2O2/c1-15-13(17)11-7-3-4-8-12(11)14(18)16-9-5-2-6-10-16/h3-4,11-12H,2,5-10H2,1H3,(H,15,17)/t11-,12-/m1/s1.